The van der Waals surface area contributed by atoms with Gasteiger partial charge in [0.25, 0.3) is 0 Å². The lowest BCUT2D eigenvalue weighted by molar-refractivity contribution is 1.07. The standard InChI is InChI=1S/C51H33N3S/c1-5-13-34(14-6-1)37-21-23-39(24-22-37)50-52-49(38-19-11-4-12-20-38)53-51(54-50)41-25-27-45-46-32-40(26-28-47(46)55-48(45)33-41)44-30-42(35-15-7-2-8-16-35)29-43(31-44)36-17-9-3-10-18-36/h1-33H/i2D,3D,7D,8D,9D,10D,15D,16D,17D,18D,25D,26D,27D,28D,29D,30D,31D,32D,33D. The Bertz CT molecular complexity index is 3900. The van der Waals surface area contributed by atoms with Crippen molar-refractivity contribution >= 4 is 31.5 Å². The molecule has 8 aromatic carbocycles. The van der Waals surface area contributed by atoms with E-state index in [1.807, 2.05) is 60.7 Å². The molecule has 0 aliphatic carbocycles. The van der Waals surface area contributed by atoms with Gasteiger partial charge in [-0.1, -0.05) is 163 Å². The van der Waals surface area contributed by atoms with Crippen LogP contribution in [0.3, 0.4) is 0 Å². The monoisotopic (exact) mass is 738 g/mol. The van der Waals surface area contributed by atoms with E-state index in [4.69, 9.17) is 28.7 Å². The molecule has 258 valence electrons. The summed E-state index contributed by atoms with van der Waals surface area (Å²) in [4.78, 5) is 14.2. The van der Waals surface area contributed by atoms with Gasteiger partial charge in [-0.25, -0.2) is 15.0 Å². The van der Waals surface area contributed by atoms with Gasteiger partial charge in [0.1, 0.15) is 0 Å². The number of rotatable bonds is 7. The highest BCUT2D eigenvalue weighted by Crippen LogP contribution is 2.40. The SMILES string of the molecule is [2H]c1c([2H])c([2H])c(-c2c([2H])c(-c3c([2H])c([2H])c([2H])c([2H])c3[2H])c([2H])c(-c3c([2H])c([2H])c4sc5c([2H])c(-c6nc(-c7ccccc7)nc(-c7ccc(-c8ccccc8)cc7)n6)c([2H])c([2H])c5c4c3[2H])c2[2H])c([2H])c1[2H]. The molecular formula is C51H33N3S. The van der Waals surface area contributed by atoms with Crippen molar-refractivity contribution < 1.29 is 26.0 Å². The molecule has 3 nitrogen and oxygen atoms in total. The Morgan fingerprint density at radius 2 is 0.782 bits per heavy atom. The van der Waals surface area contributed by atoms with E-state index in [1.165, 1.54) is 0 Å². The summed E-state index contributed by atoms with van der Waals surface area (Å²) >= 11 is 0.776. The van der Waals surface area contributed by atoms with Crippen molar-refractivity contribution in [3.05, 3.63) is 200 Å². The van der Waals surface area contributed by atoms with Gasteiger partial charge in [-0.05, 0) is 80.8 Å². The number of hydrogen-bond donors (Lipinski definition) is 0. The third-order valence-corrected chi connectivity index (χ3v) is 9.67. The minimum absolute atomic E-state index is 0.0108. The highest BCUT2D eigenvalue weighted by molar-refractivity contribution is 7.25. The second-order valence-corrected chi connectivity index (χ2v) is 13.1. The van der Waals surface area contributed by atoms with Crippen molar-refractivity contribution in [2.45, 2.75) is 0 Å². The Morgan fingerprint density at radius 3 is 1.38 bits per heavy atom. The lowest BCUT2D eigenvalue weighted by Crippen LogP contribution is -2.00. The maximum Gasteiger partial charge on any atom is 0.164 e. The molecule has 4 heteroatoms. The predicted molar refractivity (Wildman–Crippen MR) is 231 cm³/mol. The van der Waals surface area contributed by atoms with Crippen LogP contribution in [0.5, 0.6) is 0 Å². The van der Waals surface area contributed by atoms with Gasteiger partial charge >= 0.3 is 0 Å². The van der Waals surface area contributed by atoms with Crippen molar-refractivity contribution in [3.8, 4) is 78.7 Å². The minimum atomic E-state index is -0.938. The number of nitrogens with zero attached hydrogens (tertiary/aromatic N) is 3. The number of hydrogen-bond acceptors (Lipinski definition) is 4. The van der Waals surface area contributed by atoms with Crippen LogP contribution < -0.4 is 0 Å². The smallest absolute Gasteiger partial charge is 0.164 e. The molecule has 2 aromatic heterocycles. The Kier molecular flexibility index (Phi) is 4.70. The second kappa shape index (κ2) is 14.1. The fourth-order valence-corrected chi connectivity index (χ4v) is 6.97. The van der Waals surface area contributed by atoms with Gasteiger partial charge in [0.05, 0.1) is 26.0 Å². The zero-order chi connectivity index (χ0) is 53.1. The number of benzene rings is 8. The van der Waals surface area contributed by atoms with E-state index in [0.717, 1.165) is 22.5 Å². The Balaban J connectivity index is 1.26. The van der Waals surface area contributed by atoms with Gasteiger partial charge in [-0.3, -0.25) is 0 Å². The Morgan fingerprint density at radius 1 is 0.309 bits per heavy atom. The summed E-state index contributed by atoms with van der Waals surface area (Å²) < 4.78 is 171. The molecule has 0 aliphatic rings. The lowest BCUT2D eigenvalue weighted by atomic mass is 9.93. The van der Waals surface area contributed by atoms with Gasteiger partial charge in [-0.2, -0.15) is 0 Å². The number of aromatic nitrogens is 3. The summed E-state index contributed by atoms with van der Waals surface area (Å²) in [5.41, 5.74) is -1.48. The van der Waals surface area contributed by atoms with E-state index in [-0.39, 0.29) is 49.3 Å². The third kappa shape index (κ3) is 6.50. The molecule has 0 fully saturated rings. The van der Waals surface area contributed by atoms with Crippen molar-refractivity contribution in [1.29, 1.82) is 0 Å². The zero-order valence-corrected chi connectivity index (χ0v) is 29.1. The molecule has 0 spiro atoms. The molecule has 0 radical (unpaired) electrons. The maximum atomic E-state index is 9.78. The molecule has 0 saturated carbocycles. The fourth-order valence-electron chi connectivity index (χ4n) is 6.00. The van der Waals surface area contributed by atoms with Gasteiger partial charge in [0.2, 0.25) is 0 Å². The van der Waals surface area contributed by atoms with Crippen LogP contribution in [0.2, 0.25) is 0 Å². The summed E-state index contributed by atoms with van der Waals surface area (Å²) in [5, 5.41) is -0.411. The van der Waals surface area contributed by atoms with Crippen molar-refractivity contribution in [2.24, 2.45) is 0 Å². The number of thiophene rings is 1. The first-order valence-electron chi connectivity index (χ1n) is 26.4. The van der Waals surface area contributed by atoms with Gasteiger partial charge in [0.15, 0.2) is 17.5 Å². The van der Waals surface area contributed by atoms with Crippen LogP contribution in [-0.2, 0) is 0 Å². The van der Waals surface area contributed by atoms with Crippen LogP contribution in [0.25, 0.3) is 98.8 Å². The van der Waals surface area contributed by atoms with Crippen LogP contribution in [0.1, 0.15) is 26.0 Å². The molecule has 2 heterocycles. The van der Waals surface area contributed by atoms with E-state index in [2.05, 4.69) is 0 Å². The van der Waals surface area contributed by atoms with Gasteiger partial charge in [0, 0.05) is 36.9 Å². The molecule has 0 bridgehead atoms. The van der Waals surface area contributed by atoms with Gasteiger partial charge < -0.3 is 0 Å². The zero-order valence-electron chi connectivity index (χ0n) is 47.3. The normalized spacial score (nSPS) is 16.1. The first-order chi connectivity index (χ1) is 35.2. The largest absolute Gasteiger partial charge is 0.208 e. The summed E-state index contributed by atoms with van der Waals surface area (Å²) in [7, 11) is 0. The van der Waals surface area contributed by atoms with Crippen molar-refractivity contribution in [2.75, 3.05) is 0 Å². The van der Waals surface area contributed by atoms with Gasteiger partial charge in [-0.15, -0.1) is 11.3 Å². The average molecular weight is 739 g/mol. The van der Waals surface area contributed by atoms with Crippen LogP contribution >= 0.6 is 11.3 Å². The Hall–Kier alpha value is -7.01. The topological polar surface area (TPSA) is 38.7 Å². The van der Waals surface area contributed by atoms with Crippen LogP contribution in [0.4, 0.5) is 0 Å². The lowest BCUT2D eigenvalue weighted by Gasteiger charge is -2.11. The molecule has 0 N–H and O–H groups in total. The molecule has 0 saturated heterocycles. The second-order valence-electron chi connectivity index (χ2n) is 12.1. The summed E-state index contributed by atoms with van der Waals surface area (Å²) in [6, 6.07) is 11.1. The highest BCUT2D eigenvalue weighted by Gasteiger charge is 2.15. The van der Waals surface area contributed by atoms with Crippen LogP contribution in [0.15, 0.2) is 200 Å². The van der Waals surface area contributed by atoms with Crippen molar-refractivity contribution in [3.63, 3.8) is 0 Å². The van der Waals surface area contributed by atoms with E-state index in [1.54, 1.807) is 24.3 Å². The molecule has 55 heavy (non-hydrogen) atoms. The maximum absolute atomic E-state index is 9.78. The predicted octanol–water partition coefficient (Wildman–Crippen LogP) is 13.9. The molecule has 10 aromatic rings. The number of fused-ring (bicyclic) bond motifs is 3. The van der Waals surface area contributed by atoms with Crippen LogP contribution in [0, 0.1) is 0 Å². The summed E-state index contributed by atoms with van der Waals surface area (Å²) in [6.07, 6.45) is 0. The van der Waals surface area contributed by atoms with E-state index < -0.39 is 142 Å². The quantitative estimate of drug-likeness (QED) is 0.163. The highest BCUT2D eigenvalue weighted by atomic mass is 32.1. The molecule has 0 aliphatic heterocycles. The fraction of sp³-hybridized carbons (Fsp3) is 0. The van der Waals surface area contributed by atoms with E-state index in [0.29, 0.717) is 11.1 Å². The Labute approximate surface area is 350 Å². The molecular weight excluding hydrogens is 687 g/mol. The molecule has 0 unspecified atom stereocenters. The van der Waals surface area contributed by atoms with E-state index >= 15 is 0 Å². The minimum Gasteiger partial charge on any atom is -0.208 e. The molecule has 0 amide bonds. The summed E-state index contributed by atoms with van der Waals surface area (Å²) in [5.74, 6) is 0.269. The van der Waals surface area contributed by atoms with E-state index in [9.17, 15) is 12.3 Å². The molecule has 0 atom stereocenters. The first-order valence-corrected chi connectivity index (χ1v) is 17.7. The van der Waals surface area contributed by atoms with Crippen LogP contribution in [-0.4, -0.2) is 15.0 Å². The molecule has 10 rings (SSSR count). The average Bonchev–Trinajstić information content (AvgIpc) is 3.83. The third-order valence-electron chi connectivity index (χ3n) is 8.65. The first kappa shape index (κ1) is 18.4. The summed E-state index contributed by atoms with van der Waals surface area (Å²) in [6.45, 7) is 0. The van der Waals surface area contributed by atoms with Crippen molar-refractivity contribution in [1.82, 2.24) is 15.0 Å².